The molecule has 0 fully saturated rings. The molecule has 3 aromatic carbocycles. The van der Waals surface area contributed by atoms with Crippen LogP contribution in [0.15, 0.2) is 84.0 Å². The lowest BCUT2D eigenvalue weighted by Gasteiger charge is -2.12. The Hall–Kier alpha value is -3.71. The van der Waals surface area contributed by atoms with E-state index in [0.717, 1.165) is 22.5 Å². The van der Waals surface area contributed by atoms with Crippen LogP contribution in [0.3, 0.4) is 0 Å². The molecule has 0 aliphatic heterocycles. The highest BCUT2D eigenvalue weighted by Gasteiger charge is 2.08. The number of H-pyrrole nitrogens is 1. The second-order valence-corrected chi connectivity index (χ2v) is 7.46. The van der Waals surface area contributed by atoms with Gasteiger partial charge in [0.1, 0.15) is 6.61 Å². The third kappa shape index (κ3) is 5.50. The van der Waals surface area contributed by atoms with E-state index in [4.69, 9.17) is 21.7 Å². The van der Waals surface area contributed by atoms with Crippen LogP contribution < -0.4 is 9.47 Å². The first-order valence-corrected chi connectivity index (χ1v) is 10.8. The molecular formula is C25H24N4O2S. The number of aromatic amines is 1. The Balaban J connectivity index is 1.52. The van der Waals surface area contributed by atoms with Crippen molar-refractivity contribution in [3.05, 3.63) is 106 Å². The SMILES string of the molecule is CCOc1cc(/C=N\n2c(Cc3ccccc3)n[nH]c2=S)ccc1OCc1ccccc1. The molecule has 0 aliphatic rings. The number of rotatable bonds is 9. The van der Waals surface area contributed by atoms with Crippen molar-refractivity contribution in [2.45, 2.75) is 20.0 Å². The van der Waals surface area contributed by atoms with Gasteiger partial charge in [-0.1, -0.05) is 60.7 Å². The summed E-state index contributed by atoms with van der Waals surface area (Å²) in [6, 6.07) is 25.9. The van der Waals surface area contributed by atoms with Crippen molar-refractivity contribution in [2.24, 2.45) is 5.10 Å². The number of nitrogens with one attached hydrogen (secondary N) is 1. The minimum Gasteiger partial charge on any atom is -0.490 e. The van der Waals surface area contributed by atoms with Gasteiger partial charge in [-0.15, -0.1) is 0 Å². The number of ether oxygens (including phenoxy) is 2. The zero-order chi connectivity index (χ0) is 22.2. The molecule has 162 valence electrons. The highest BCUT2D eigenvalue weighted by Crippen LogP contribution is 2.29. The van der Waals surface area contributed by atoms with Gasteiger partial charge in [0.05, 0.1) is 12.8 Å². The van der Waals surface area contributed by atoms with Gasteiger partial charge in [0.15, 0.2) is 17.3 Å². The van der Waals surface area contributed by atoms with Gasteiger partial charge in [0.2, 0.25) is 4.77 Å². The first-order chi connectivity index (χ1) is 15.7. The maximum atomic E-state index is 5.98. The van der Waals surface area contributed by atoms with E-state index in [-0.39, 0.29) is 0 Å². The van der Waals surface area contributed by atoms with Crippen molar-refractivity contribution >= 4 is 18.4 Å². The molecule has 32 heavy (non-hydrogen) atoms. The maximum Gasteiger partial charge on any atom is 0.216 e. The molecule has 0 spiro atoms. The highest BCUT2D eigenvalue weighted by molar-refractivity contribution is 7.71. The zero-order valence-corrected chi connectivity index (χ0v) is 18.6. The molecule has 6 nitrogen and oxygen atoms in total. The third-order valence-corrected chi connectivity index (χ3v) is 5.01. The molecule has 0 radical (unpaired) electrons. The van der Waals surface area contributed by atoms with E-state index in [1.54, 1.807) is 10.9 Å². The molecule has 0 unspecified atom stereocenters. The van der Waals surface area contributed by atoms with Gasteiger partial charge < -0.3 is 9.47 Å². The summed E-state index contributed by atoms with van der Waals surface area (Å²) in [4.78, 5) is 0. The van der Waals surface area contributed by atoms with Crippen molar-refractivity contribution in [2.75, 3.05) is 6.61 Å². The number of hydrogen-bond donors (Lipinski definition) is 1. The van der Waals surface area contributed by atoms with Crippen LogP contribution in [0.2, 0.25) is 0 Å². The smallest absolute Gasteiger partial charge is 0.216 e. The predicted octanol–water partition coefficient (Wildman–Crippen LogP) is 5.39. The lowest BCUT2D eigenvalue weighted by atomic mass is 10.1. The summed E-state index contributed by atoms with van der Waals surface area (Å²) in [6.45, 7) is 2.96. The van der Waals surface area contributed by atoms with Crippen molar-refractivity contribution in [3.63, 3.8) is 0 Å². The van der Waals surface area contributed by atoms with E-state index >= 15 is 0 Å². The molecule has 0 aliphatic carbocycles. The third-order valence-electron chi connectivity index (χ3n) is 4.75. The van der Waals surface area contributed by atoms with Crippen molar-refractivity contribution < 1.29 is 9.47 Å². The molecule has 0 saturated heterocycles. The van der Waals surface area contributed by atoms with Crippen LogP contribution in [0.1, 0.15) is 29.4 Å². The monoisotopic (exact) mass is 444 g/mol. The second kappa shape index (κ2) is 10.5. The maximum absolute atomic E-state index is 5.98. The van der Waals surface area contributed by atoms with E-state index < -0.39 is 0 Å². The zero-order valence-electron chi connectivity index (χ0n) is 17.8. The fourth-order valence-electron chi connectivity index (χ4n) is 3.19. The lowest BCUT2D eigenvalue weighted by Crippen LogP contribution is -2.02. The van der Waals surface area contributed by atoms with E-state index in [2.05, 4.69) is 15.3 Å². The van der Waals surface area contributed by atoms with Gasteiger partial charge in [-0.3, -0.25) is 5.10 Å². The van der Waals surface area contributed by atoms with Gasteiger partial charge in [0.25, 0.3) is 0 Å². The molecule has 4 rings (SSSR count). The predicted molar refractivity (Wildman–Crippen MR) is 128 cm³/mol. The molecule has 0 saturated carbocycles. The Kier molecular flexibility index (Phi) is 7.09. The highest BCUT2D eigenvalue weighted by atomic mass is 32.1. The summed E-state index contributed by atoms with van der Waals surface area (Å²) in [5.41, 5.74) is 3.10. The van der Waals surface area contributed by atoms with E-state index in [1.165, 1.54) is 0 Å². The molecule has 4 aromatic rings. The van der Waals surface area contributed by atoms with Gasteiger partial charge in [-0.25, -0.2) is 0 Å². The summed E-state index contributed by atoms with van der Waals surface area (Å²) >= 11 is 5.36. The standard InChI is InChI=1S/C25H24N4O2S/c1-2-30-23-15-21(13-14-22(23)31-18-20-11-7-4-8-12-20)17-26-29-24(27-28-25(29)32)16-19-9-5-3-6-10-19/h3-15,17H,2,16,18H2,1H3,(H,28,32)/b26-17-. The average molecular weight is 445 g/mol. The Bertz CT molecular complexity index is 1230. The molecule has 0 bridgehead atoms. The quantitative estimate of drug-likeness (QED) is 0.278. The molecule has 1 aromatic heterocycles. The topological polar surface area (TPSA) is 64.4 Å². The normalized spacial score (nSPS) is 11.0. The largest absolute Gasteiger partial charge is 0.490 e. The van der Waals surface area contributed by atoms with E-state index in [9.17, 15) is 0 Å². The number of aromatic nitrogens is 3. The Morgan fingerprint density at radius 3 is 2.38 bits per heavy atom. The van der Waals surface area contributed by atoms with Crippen molar-refractivity contribution in [1.29, 1.82) is 0 Å². The lowest BCUT2D eigenvalue weighted by molar-refractivity contribution is 0.269. The number of nitrogens with zero attached hydrogens (tertiary/aromatic N) is 3. The van der Waals surface area contributed by atoms with Crippen LogP contribution in [0.4, 0.5) is 0 Å². The van der Waals surface area contributed by atoms with Gasteiger partial charge in [0, 0.05) is 6.42 Å². The molecule has 0 atom stereocenters. The Morgan fingerprint density at radius 1 is 0.938 bits per heavy atom. The van der Waals surface area contributed by atoms with Crippen molar-refractivity contribution in [1.82, 2.24) is 14.9 Å². The molecule has 1 N–H and O–H groups in total. The summed E-state index contributed by atoms with van der Waals surface area (Å²) in [5, 5.41) is 11.7. The van der Waals surface area contributed by atoms with Gasteiger partial charge in [-0.2, -0.15) is 14.9 Å². The van der Waals surface area contributed by atoms with Crippen LogP contribution in [0, 0.1) is 4.77 Å². The van der Waals surface area contributed by atoms with Gasteiger partial charge >= 0.3 is 0 Å². The number of benzene rings is 3. The first kappa shape index (κ1) is 21.5. The fraction of sp³-hybridized carbons (Fsp3) is 0.160. The van der Waals surface area contributed by atoms with Crippen LogP contribution in [0.5, 0.6) is 11.5 Å². The average Bonchev–Trinajstić information content (AvgIpc) is 3.17. The van der Waals surface area contributed by atoms with E-state index in [1.807, 2.05) is 85.8 Å². The Labute approximate surface area is 192 Å². The Morgan fingerprint density at radius 2 is 1.66 bits per heavy atom. The first-order valence-electron chi connectivity index (χ1n) is 10.4. The van der Waals surface area contributed by atoms with Gasteiger partial charge in [-0.05, 0) is 54.0 Å². The summed E-state index contributed by atoms with van der Waals surface area (Å²) in [5.74, 6) is 2.11. The van der Waals surface area contributed by atoms with Crippen LogP contribution >= 0.6 is 12.2 Å². The van der Waals surface area contributed by atoms with E-state index in [0.29, 0.717) is 35.9 Å². The molecule has 7 heteroatoms. The fourth-order valence-corrected chi connectivity index (χ4v) is 3.39. The van der Waals surface area contributed by atoms with Crippen LogP contribution in [-0.2, 0) is 13.0 Å². The summed E-state index contributed by atoms with van der Waals surface area (Å²) < 4.78 is 13.9. The molecular weight excluding hydrogens is 420 g/mol. The van der Waals surface area contributed by atoms with Crippen LogP contribution in [0.25, 0.3) is 0 Å². The number of hydrogen-bond acceptors (Lipinski definition) is 5. The van der Waals surface area contributed by atoms with Crippen LogP contribution in [-0.4, -0.2) is 27.7 Å². The molecule has 1 heterocycles. The minimum absolute atomic E-state index is 0.444. The minimum atomic E-state index is 0.444. The summed E-state index contributed by atoms with van der Waals surface area (Å²) in [6.07, 6.45) is 2.37. The van der Waals surface area contributed by atoms with Crippen molar-refractivity contribution in [3.8, 4) is 11.5 Å². The second-order valence-electron chi connectivity index (χ2n) is 7.08. The summed E-state index contributed by atoms with van der Waals surface area (Å²) in [7, 11) is 0. The molecule has 0 amide bonds.